The van der Waals surface area contributed by atoms with Gasteiger partial charge in [0.2, 0.25) is 0 Å². The number of benzene rings is 2. The lowest BCUT2D eigenvalue weighted by Gasteiger charge is -2.40. The zero-order valence-electron chi connectivity index (χ0n) is 16.9. The Morgan fingerprint density at radius 1 is 1.14 bits per heavy atom. The standard InChI is InChI=1S/C22H26F3N3O/c1-4-14-5-8-19(18(24)9-14)27-21-16(6-7-17(23)20(21)25)22(29)28-11-15(12-28)26-10-13(2)3/h5-9,13,15,26-27H,4,10-12H2,1-3H3. The summed E-state index contributed by atoms with van der Waals surface area (Å²) in [6.45, 7) is 7.91. The number of carbonyl (C=O) groups is 1. The van der Waals surface area contributed by atoms with Gasteiger partial charge in [-0.25, -0.2) is 13.2 Å². The quantitative estimate of drug-likeness (QED) is 0.714. The minimum absolute atomic E-state index is 0.0131. The van der Waals surface area contributed by atoms with Crippen LogP contribution in [0.15, 0.2) is 30.3 Å². The van der Waals surface area contributed by atoms with E-state index in [9.17, 15) is 18.0 Å². The van der Waals surface area contributed by atoms with E-state index in [1.54, 1.807) is 11.0 Å². The summed E-state index contributed by atoms with van der Waals surface area (Å²) in [5.41, 5.74) is 0.396. The molecular formula is C22H26F3N3O. The third-order valence-corrected chi connectivity index (χ3v) is 5.01. The molecule has 1 aliphatic heterocycles. The van der Waals surface area contributed by atoms with Gasteiger partial charge in [-0.15, -0.1) is 0 Å². The first kappa shape index (κ1) is 21.2. The van der Waals surface area contributed by atoms with Gasteiger partial charge < -0.3 is 15.5 Å². The summed E-state index contributed by atoms with van der Waals surface area (Å²) in [7, 11) is 0. The maximum atomic E-state index is 14.5. The van der Waals surface area contributed by atoms with Gasteiger partial charge in [0.1, 0.15) is 5.82 Å². The average molecular weight is 405 g/mol. The van der Waals surface area contributed by atoms with Crippen molar-refractivity contribution in [3.05, 3.63) is 58.9 Å². The van der Waals surface area contributed by atoms with E-state index >= 15 is 0 Å². The van der Waals surface area contributed by atoms with Gasteiger partial charge >= 0.3 is 0 Å². The Morgan fingerprint density at radius 2 is 1.86 bits per heavy atom. The molecule has 29 heavy (non-hydrogen) atoms. The fourth-order valence-electron chi connectivity index (χ4n) is 3.21. The van der Waals surface area contributed by atoms with E-state index in [4.69, 9.17) is 0 Å². The monoisotopic (exact) mass is 405 g/mol. The van der Waals surface area contributed by atoms with E-state index in [0.29, 0.717) is 25.4 Å². The zero-order valence-corrected chi connectivity index (χ0v) is 16.9. The summed E-state index contributed by atoms with van der Waals surface area (Å²) in [6.07, 6.45) is 0.649. The van der Waals surface area contributed by atoms with Crippen LogP contribution in [0.1, 0.15) is 36.7 Å². The molecule has 156 valence electrons. The van der Waals surface area contributed by atoms with Crippen LogP contribution in [0.4, 0.5) is 24.5 Å². The molecule has 0 aliphatic carbocycles. The van der Waals surface area contributed by atoms with Gasteiger partial charge in [0, 0.05) is 19.1 Å². The molecule has 7 heteroatoms. The summed E-state index contributed by atoms with van der Waals surface area (Å²) in [6, 6.07) is 6.82. The fourth-order valence-corrected chi connectivity index (χ4v) is 3.21. The van der Waals surface area contributed by atoms with E-state index in [-0.39, 0.29) is 23.0 Å². The second-order valence-electron chi connectivity index (χ2n) is 7.79. The molecule has 2 aromatic rings. The highest BCUT2D eigenvalue weighted by atomic mass is 19.2. The Labute approximate surface area is 169 Å². The number of carbonyl (C=O) groups excluding carboxylic acids is 1. The lowest BCUT2D eigenvalue weighted by molar-refractivity contribution is 0.0565. The van der Waals surface area contributed by atoms with Crippen molar-refractivity contribution in [2.75, 3.05) is 25.0 Å². The molecule has 0 saturated carbocycles. The topological polar surface area (TPSA) is 44.4 Å². The van der Waals surface area contributed by atoms with Crippen molar-refractivity contribution in [3.63, 3.8) is 0 Å². The van der Waals surface area contributed by atoms with Crippen molar-refractivity contribution in [1.82, 2.24) is 10.2 Å². The van der Waals surface area contributed by atoms with Crippen LogP contribution in [0.25, 0.3) is 0 Å². The van der Waals surface area contributed by atoms with Crippen molar-refractivity contribution < 1.29 is 18.0 Å². The van der Waals surface area contributed by atoms with Crippen LogP contribution >= 0.6 is 0 Å². The summed E-state index contributed by atoms with van der Waals surface area (Å²) in [5.74, 6) is -2.82. The first-order valence-electron chi connectivity index (χ1n) is 9.86. The van der Waals surface area contributed by atoms with Crippen LogP contribution < -0.4 is 10.6 Å². The minimum Gasteiger partial charge on any atom is -0.350 e. The lowest BCUT2D eigenvalue weighted by Crippen LogP contribution is -2.60. The van der Waals surface area contributed by atoms with Crippen molar-refractivity contribution in [2.24, 2.45) is 5.92 Å². The first-order valence-corrected chi connectivity index (χ1v) is 9.86. The number of nitrogens with zero attached hydrogens (tertiary/aromatic N) is 1. The molecule has 2 aromatic carbocycles. The Bertz CT molecular complexity index is 895. The fraction of sp³-hybridized carbons (Fsp3) is 0.409. The minimum atomic E-state index is -1.20. The predicted octanol–water partition coefficient (Wildman–Crippen LogP) is 4.48. The molecule has 0 bridgehead atoms. The van der Waals surface area contributed by atoms with Gasteiger partial charge in [-0.2, -0.15) is 0 Å². The molecule has 2 N–H and O–H groups in total. The zero-order chi connectivity index (χ0) is 21.1. The number of halogens is 3. The smallest absolute Gasteiger partial charge is 0.256 e. The molecule has 1 aliphatic rings. The Morgan fingerprint density at radius 3 is 2.48 bits per heavy atom. The van der Waals surface area contributed by atoms with Gasteiger partial charge in [-0.05, 0) is 48.7 Å². The van der Waals surface area contributed by atoms with Crippen molar-refractivity contribution >= 4 is 17.3 Å². The van der Waals surface area contributed by atoms with Gasteiger partial charge in [0.05, 0.1) is 16.9 Å². The average Bonchev–Trinajstić information content (AvgIpc) is 2.65. The van der Waals surface area contributed by atoms with Crippen LogP contribution in [0.5, 0.6) is 0 Å². The van der Waals surface area contributed by atoms with Crippen molar-refractivity contribution in [3.8, 4) is 0 Å². The molecule has 0 unspecified atom stereocenters. The Kier molecular flexibility index (Phi) is 6.47. The third-order valence-electron chi connectivity index (χ3n) is 5.01. The van der Waals surface area contributed by atoms with Gasteiger partial charge in [0.25, 0.3) is 5.91 Å². The van der Waals surface area contributed by atoms with E-state index in [0.717, 1.165) is 18.2 Å². The molecule has 4 nitrogen and oxygen atoms in total. The molecule has 0 spiro atoms. The van der Waals surface area contributed by atoms with Crippen LogP contribution in [-0.2, 0) is 6.42 Å². The van der Waals surface area contributed by atoms with Gasteiger partial charge in [-0.1, -0.05) is 26.8 Å². The number of amides is 1. The summed E-state index contributed by atoms with van der Waals surface area (Å²) < 4.78 is 42.7. The second-order valence-corrected chi connectivity index (χ2v) is 7.79. The van der Waals surface area contributed by atoms with Crippen molar-refractivity contribution in [1.29, 1.82) is 0 Å². The summed E-state index contributed by atoms with van der Waals surface area (Å²) in [5, 5.41) is 5.94. The van der Waals surface area contributed by atoms with Crippen LogP contribution in [0.2, 0.25) is 0 Å². The first-order chi connectivity index (χ1) is 13.8. The maximum Gasteiger partial charge on any atom is 0.256 e. The molecule has 1 fully saturated rings. The molecule has 1 saturated heterocycles. The van der Waals surface area contributed by atoms with E-state index in [2.05, 4.69) is 24.5 Å². The van der Waals surface area contributed by atoms with Crippen molar-refractivity contribution in [2.45, 2.75) is 33.2 Å². The number of aryl methyl sites for hydroxylation is 1. The number of likely N-dealkylation sites (tertiary alicyclic amines) is 1. The Balaban J connectivity index is 1.80. The number of rotatable bonds is 7. The van der Waals surface area contributed by atoms with E-state index in [1.807, 2.05) is 6.92 Å². The van der Waals surface area contributed by atoms with Crippen LogP contribution in [0.3, 0.4) is 0 Å². The number of hydrogen-bond donors (Lipinski definition) is 2. The van der Waals surface area contributed by atoms with Crippen LogP contribution in [0, 0.1) is 23.4 Å². The summed E-state index contributed by atoms with van der Waals surface area (Å²) >= 11 is 0. The Hall–Kier alpha value is -2.54. The molecular weight excluding hydrogens is 379 g/mol. The second kappa shape index (κ2) is 8.86. The van der Waals surface area contributed by atoms with Gasteiger partial charge in [-0.3, -0.25) is 4.79 Å². The SMILES string of the molecule is CCc1ccc(Nc2c(C(=O)N3CC(NCC(C)C)C3)ccc(F)c2F)c(F)c1. The van der Waals surface area contributed by atoms with Gasteiger partial charge in [0.15, 0.2) is 11.6 Å². The number of nitrogens with one attached hydrogen (secondary N) is 2. The number of hydrogen-bond acceptors (Lipinski definition) is 3. The number of anilines is 2. The van der Waals surface area contributed by atoms with E-state index in [1.165, 1.54) is 18.2 Å². The molecule has 0 atom stereocenters. The summed E-state index contributed by atoms with van der Waals surface area (Å²) in [4.78, 5) is 14.4. The van der Waals surface area contributed by atoms with Crippen LogP contribution in [-0.4, -0.2) is 36.5 Å². The van der Waals surface area contributed by atoms with E-state index < -0.39 is 23.4 Å². The normalized spacial score (nSPS) is 14.2. The highest BCUT2D eigenvalue weighted by Gasteiger charge is 2.33. The highest BCUT2D eigenvalue weighted by molar-refractivity contribution is 6.01. The third kappa shape index (κ3) is 4.72. The predicted molar refractivity (Wildman–Crippen MR) is 108 cm³/mol. The maximum absolute atomic E-state index is 14.5. The molecule has 1 amide bonds. The molecule has 0 radical (unpaired) electrons. The molecule has 0 aromatic heterocycles. The highest BCUT2D eigenvalue weighted by Crippen LogP contribution is 2.30. The lowest BCUT2D eigenvalue weighted by atomic mass is 10.0. The largest absolute Gasteiger partial charge is 0.350 e. The molecule has 3 rings (SSSR count). The molecule has 1 heterocycles.